The Hall–Kier alpha value is -3.16. The molecule has 1 aliphatic heterocycles. The Morgan fingerprint density at radius 1 is 1.27 bits per heavy atom. The fourth-order valence-electron chi connectivity index (χ4n) is 4.27. The number of carbonyl (C=O) groups excluding carboxylic acids is 2. The van der Waals surface area contributed by atoms with Gasteiger partial charge in [-0.15, -0.1) is 0 Å². The van der Waals surface area contributed by atoms with Gasteiger partial charge in [0.15, 0.2) is 5.69 Å². The molecule has 1 N–H and O–H groups in total. The molecule has 0 atom stereocenters. The monoisotopic (exact) mass is 410 g/mol. The van der Waals surface area contributed by atoms with Crippen molar-refractivity contribution in [1.82, 2.24) is 9.55 Å². The van der Waals surface area contributed by atoms with E-state index in [1.165, 1.54) is 11.9 Å². The molecule has 8 heteroatoms. The van der Waals surface area contributed by atoms with Gasteiger partial charge in [0.05, 0.1) is 26.4 Å². The second-order valence-electron chi connectivity index (χ2n) is 7.42. The van der Waals surface area contributed by atoms with Gasteiger partial charge in [-0.2, -0.15) is 0 Å². The van der Waals surface area contributed by atoms with Crippen molar-refractivity contribution in [1.29, 1.82) is 0 Å². The number of ketones is 1. The van der Waals surface area contributed by atoms with Gasteiger partial charge in [-0.05, 0) is 61.8 Å². The molecular formula is C22H26N4O4. The van der Waals surface area contributed by atoms with Crippen LogP contribution >= 0.6 is 0 Å². The van der Waals surface area contributed by atoms with Crippen molar-refractivity contribution in [3.05, 3.63) is 40.3 Å². The van der Waals surface area contributed by atoms with Gasteiger partial charge in [0.1, 0.15) is 23.7 Å². The number of aryl methyl sites for hydroxylation is 2. The van der Waals surface area contributed by atoms with Crippen LogP contribution in [0.4, 0.5) is 5.82 Å². The molecular weight excluding hydrogens is 384 g/mol. The second kappa shape index (κ2) is 8.69. The highest BCUT2D eigenvalue weighted by Crippen LogP contribution is 2.36. The summed E-state index contributed by atoms with van der Waals surface area (Å²) >= 11 is 0. The average molecular weight is 410 g/mol. The van der Waals surface area contributed by atoms with Crippen molar-refractivity contribution in [2.45, 2.75) is 45.6 Å². The van der Waals surface area contributed by atoms with Crippen LogP contribution in [-0.2, 0) is 30.5 Å². The van der Waals surface area contributed by atoms with E-state index in [2.05, 4.69) is 15.3 Å². The summed E-state index contributed by atoms with van der Waals surface area (Å²) in [5.41, 5.74) is 4.40. The summed E-state index contributed by atoms with van der Waals surface area (Å²) in [6.07, 6.45) is 7.98. The first-order chi connectivity index (χ1) is 14.6. The maximum Gasteiger partial charge on any atom is 0.341 e. The van der Waals surface area contributed by atoms with E-state index >= 15 is 0 Å². The minimum absolute atomic E-state index is 0.101. The highest BCUT2D eigenvalue weighted by Gasteiger charge is 2.25. The number of nitrogens with one attached hydrogen (secondary N) is 1. The molecule has 1 aromatic heterocycles. The molecule has 2 heterocycles. The number of fused-ring (bicyclic) bond motifs is 2. The van der Waals surface area contributed by atoms with E-state index in [-0.39, 0.29) is 18.3 Å². The molecule has 1 aliphatic carbocycles. The van der Waals surface area contributed by atoms with Crippen LogP contribution < -0.4 is 10.1 Å². The van der Waals surface area contributed by atoms with Gasteiger partial charge in [0.2, 0.25) is 5.78 Å². The van der Waals surface area contributed by atoms with Crippen LogP contribution in [-0.4, -0.2) is 47.9 Å². The lowest BCUT2D eigenvalue weighted by Gasteiger charge is -2.24. The number of imidazole rings is 1. The van der Waals surface area contributed by atoms with Gasteiger partial charge in [0.25, 0.3) is 0 Å². The van der Waals surface area contributed by atoms with Crippen molar-refractivity contribution in [3.63, 3.8) is 0 Å². The highest BCUT2D eigenvalue weighted by atomic mass is 16.5. The zero-order valence-corrected chi connectivity index (χ0v) is 17.4. The van der Waals surface area contributed by atoms with Crippen LogP contribution in [0.2, 0.25) is 0 Å². The van der Waals surface area contributed by atoms with Crippen LogP contribution in [0.25, 0.3) is 0 Å². The van der Waals surface area contributed by atoms with Gasteiger partial charge >= 0.3 is 5.97 Å². The maximum absolute atomic E-state index is 12.6. The SMILES string of the molecule is CCOC(=O)c1cc(CCn2cnc3c2NC=NCC3=O)c2c(c1OC)CCCC2. The molecule has 2 aliphatic rings. The molecule has 0 spiro atoms. The van der Waals surface area contributed by atoms with E-state index in [0.717, 1.165) is 36.8 Å². The van der Waals surface area contributed by atoms with E-state index in [4.69, 9.17) is 9.47 Å². The predicted octanol–water partition coefficient (Wildman–Crippen LogP) is 2.83. The first-order valence-corrected chi connectivity index (χ1v) is 10.4. The van der Waals surface area contributed by atoms with Gasteiger partial charge < -0.3 is 19.4 Å². The molecule has 0 fully saturated rings. The topological polar surface area (TPSA) is 94.8 Å². The lowest BCUT2D eigenvalue weighted by atomic mass is 9.84. The summed E-state index contributed by atoms with van der Waals surface area (Å²) in [6.45, 7) is 2.84. The molecule has 2 aromatic rings. The Bertz CT molecular complexity index is 1010. The van der Waals surface area contributed by atoms with Crippen molar-refractivity contribution >= 4 is 23.9 Å². The van der Waals surface area contributed by atoms with E-state index in [1.807, 2.05) is 10.6 Å². The van der Waals surface area contributed by atoms with Gasteiger partial charge in [0, 0.05) is 6.54 Å². The number of aromatic nitrogens is 2. The molecule has 0 bridgehead atoms. The zero-order valence-electron chi connectivity index (χ0n) is 17.4. The Kier molecular flexibility index (Phi) is 5.83. The van der Waals surface area contributed by atoms with Gasteiger partial charge in [-0.3, -0.25) is 9.79 Å². The zero-order chi connectivity index (χ0) is 21.1. The van der Waals surface area contributed by atoms with Crippen molar-refractivity contribution in [2.24, 2.45) is 4.99 Å². The van der Waals surface area contributed by atoms with E-state index < -0.39 is 0 Å². The standard InChI is InChI=1S/C22H26N4O4/c1-3-30-22(28)17-10-14(15-6-4-5-7-16(15)20(17)29-2)8-9-26-13-25-19-18(27)11-23-12-24-21(19)26/h10,12-13H,3-9,11H2,1-2H3,(H,23,24). The molecule has 158 valence electrons. The quantitative estimate of drug-likeness (QED) is 0.736. The van der Waals surface area contributed by atoms with Crippen LogP contribution in [0.3, 0.4) is 0 Å². The Balaban J connectivity index is 1.68. The molecule has 0 unspecified atom stereocenters. The number of hydrogen-bond acceptors (Lipinski definition) is 7. The third-order valence-electron chi connectivity index (χ3n) is 5.64. The fraction of sp³-hybridized carbons (Fsp3) is 0.455. The summed E-state index contributed by atoms with van der Waals surface area (Å²) in [4.78, 5) is 33.0. The molecule has 4 rings (SSSR count). The molecule has 8 nitrogen and oxygen atoms in total. The third-order valence-corrected chi connectivity index (χ3v) is 5.64. The minimum atomic E-state index is -0.357. The lowest BCUT2D eigenvalue weighted by molar-refractivity contribution is 0.0522. The first-order valence-electron chi connectivity index (χ1n) is 10.4. The number of Topliss-reactive ketones (excluding diaryl/α,β-unsaturated/α-hetero) is 1. The largest absolute Gasteiger partial charge is 0.496 e. The molecule has 0 saturated heterocycles. The van der Waals surface area contributed by atoms with Crippen molar-refractivity contribution in [2.75, 3.05) is 25.6 Å². The smallest absolute Gasteiger partial charge is 0.341 e. The summed E-state index contributed by atoms with van der Waals surface area (Å²) in [6, 6.07) is 1.91. The van der Waals surface area contributed by atoms with Gasteiger partial charge in [-0.1, -0.05) is 0 Å². The predicted molar refractivity (Wildman–Crippen MR) is 113 cm³/mol. The van der Waals surface area contributed by atoms with Crippen LogP contribution in [0.5, 0.6) is 5.75 Å². The number of aliphatic imine (C=N–C) groups is 1. The maximum atomic E-state index is 12.6. The third kappa shape index (κ3) is 3.69. The minimum Gasteiger partial charge on any atom is -0.496 e. The average Bonchev–Trinajstić information content (AvgIpc) is 3.08. The van der Waals surface area contributed by atoms with Crippen LogP contribution in [0.15, 0.2) is 17.4 Å². The Morgan fingerprint density at radius 3 is 2.83 bits per heavy atom. The number of rotatable bonds is 6. The number of methoxy groups -OCH3 is 1. The molecule has 30 heavy (non-hydrogen) atoms. The summed E-state index contributed by atoms with van der Waals surface area (Å²) < 4.78 is 12.8. The number of carbonyl (C=O) groups is 2. The number of ether oxygens (including phenoxy) is 2. The summed E-state index contributed by atoms with van der Waals surface area (Å²) in [7, 11) is 1.61. The number of anilines is 1. The first kappa shape index (κ1) is 20.1. The van der Waals surface area contributed by atoms with E-state index in [9.17, 15) is 9.59 Å². The second-order valence-corrected chi connectivity index (χ2v) is 7.42. The van der Waals surface area contributed by atoms with Gasteiger partial charge in [-0.25, -0.2) is 9.78 Å². The van der Waals surface area contributed by atoms with E-state index in [0.29, 0.717) is 42.4 Å². The number of nitrogens with zero attached hydrogens (tertiary/aromatic N) is 3. The van der Waals surface area contributed by atoms with E-state index in [1.54, 1.807) is 20.4 Å². The molecule has 0 saturated carbocycles. The lowest BCUT2D eigenvalue weighted by Crippen LogP contribution is -2.16. The molecule has 0 radical (unpaired) electrons. The van der Waals surface area contributed by atoms with Crippen LogP contribution in [0, 0.1) is 0 Å². The number of benzene rings is 1. The fourth-order valence-corrected chi connectivity index (χ4v) is 4.27. The normalized spacial score (nSPS) is 15.1. The summed E-state index contributed by atoms with van der Waals surface area (Å²) in [5, 5.41) is 3.06. The Labute approximate surface area is 175 Å². The number of esters is 1. The van der Waals surface area contributed by atoms with Crippen molar-refractivity contribution < 1.29 is 19.1 Å². The summed E-state index contributed by atoms with van der Waals surface area (Å²) in [5.74, 6) is 0.849. The highest BCUT2D eigenvalue weighted by molar-refractivity contribution is 6.04. The van der Waals surface area contributed by atoms with Crippen molar-refractivity contribution in [3.8, 4) is 5.75 Å². The van der Waals surface area contributed by atoms with Crippen LogP contribution in [0.1, 0.15) is 57.3 Å². The molecule has 0 amide bonds. The Morgan fingerprint density at radius 2 is 2.07 bits per heavy atom. The number of hydrogen-bond donors (Lipinski definition) is 1. The molecule has 1 aromatic carbocycles.